The minimum atomic E-state index is -2.75. The van der Waals surface area contributed by atoms with Crippen LogP contribution in [0, 0.1) is 11.8 Å². The number of aromatic hydroxyl groups is 1. The largest absolute Gasteiger partial charge is 0.508 e. The fourth-order valence-corrected chi connectivity index (χ4v) is 5.85. The molecule has 0 bridgehead atoms. The van der Waals surface area contributed by atoms with Crippen LogP contribution in [0.3, 0.4) is 0 Å². The van der Waals surface area contributed by atoms with Gasteiger partial charge in [0.15, 0.2) is 11.4 Å². The van der Waals surface area contributed by atoms with Gasteiger partial charge in [0.1, 0.15) is 28.9 Å². The lowest BCUT2D eigenvalue weighted by Gasteiger charge is -2.50. The molecule has 0 spiro atoms. The van der Waals surface area contributed by atoms with Crippen molar-refractivity contribution < 1.29 is 49.5 Å². The summed E-state index contributed by atoms with van der Waals surface area (Å²) in [6.45, 7) is 0.945. The molecule has 14 heteroatoms. The first-order chi connectivity index (χ1) is 18.6. The predicted octanol–water partition coefficient (Wildman–Crippen LogP) is -1.03. The maximum atomic E-state index is 13.8. The minimum Gasteiger partial charge on any atom is -0.508 e. The Hall–Kier alpha value is -4.27. The lowest BCUT2D eigenvalue weighted by atomic mass is 9.57. The molecule has 0 saturated heterocycles. The van der Waals surface area contributed by atoms with E-state index >= 15 is 0 Å². The van der Waals surface area contributed by atoms with Crippen LogP contribution in [-0.4, -0.2) is 98.1 Å². The van der Waals surface area contributed by atoms with Gasteiger partial charge in [-0.15, -0.1) is 0 Å². The van der Waals surface area contributed by atoms with E-state index in [-0.39, 0.29) is 29.7 Å². The third kappa shape index (κ3) is 4.29. The van der Waals surface area contributed by atoms with Crippen LogP contribution < -0.4 is 16.4 Å². The molecule has 0 aromatic heterocycles. The molecule has 5 atom stereocenters. The SMILES string of the molecule is C[C@H](NCC(=O)Nc1ccc2c(c1O)C(O)=C1C(=O)C3(O)C(O)=C(C(N)=O)C(=O)C(N(C)C)C3CC1C2)C(=O)O. The monoisotopic (exact) mass is 558 g/mol. The number of carboxylic acid groups (broad SMARTS) is 1. The molecule has 0 aliphatic heterocycles. The number of aliphatic hydroxyl groups is 3. The molecule has 14 nitrogen and oxygen atoms in total. The number of ketones is 2. The number of nitrogens with zero attached hydrogens (tertiary/aromatic N) is 1. The number of fused-ring (bicyclic) bond motifs is 3. The number of anilines is 1. The third-order valence-electron chi connectivity index (χ3n) is 7.81. The molecule has 214 valence electrons. The molecule has 9 N–H and O–H groups in total. The van der Waals surface area contributed by atoms with Crippen molar-refractivity contribution in [1.82, 2.24) is 10.2 Å². The standard InChI is InChI=1S/C26H30N4O10/c1-9(25(38)39)28-8-14(31)29-13-5-4-10-6-11-7-12-18(30(2)3)21(34)17(24(27)37)23(36)26(12,40)22(35)16(11)20(33)15(10)19(13)32/h4-5,9,11-12,18,28,32-33,36,40H,6-8H2,1-3H3,(H2,27,37)(H,29,31)(H,38,39)/t9-,11?,12?,18?,26?/m0/s1. The number of carbonyl (C=O) groups is 5. The Balaban J connectivity index is 1.76. The summed E-state index contributed by atoms with van der Waals surface area (Å²) in [6, 6.07) is 0.713. The lowest BCUT2D eigenvalue weighted by molar-refractivity contribution is -0.153. The Kier molecular flexibility index (Phi) is 7.21. The van der Waals surface area contributed by atoms with Gasteiger partial charge in [-0.3, -0.25) is 34.2 Å². The van der Waals surface area contributed by atoms with Gasteiger partial charge in [0.05, 0.1) is 23.8 Å². The van der Waals surface area contributed by atoms with Crippen LogP contribution in [0.15, 0.2) is 29.0 Å². The summed E-state index contributed by atoms with van der Waals surface area (Å²) in [5.74, 6) is -9.52. The van der Waals surface area contributed by atoms with Crippen LogP contribution in [0.1, 0.15) is 24.5 Å². The summed E-state index contributed by atoms with van der Waals surface area (Å²) in [5.41, 5.74) is 1.44. The molecule has 0 heterocycles. The van der Waals surface area contributed by atoms with E-state index in [4.69, 9.17) is 10.8 Å². The van der Waals surface area contributed by atoms with Gasteiger partial charge in [0.2, 0.25) is 11.7 Å². The van der Waals surface area contributed by atoms with Crippen molar-refractivity contribution in [2.24, 2.45) is 17.6 Å². The number of rotatable bonds is 7. The molecular weight excluding hydrogens is 528 g/mol. The number of phenolic OH excluding ortho intramolecular Hbond substituents is 1. The molecule has 3 aliphatic carbocycles. The first-order valence-corrected chi connectivity index (χ1v) is 12.4. The topological polar surface area (TPSA) is 240 Å². The van der Waals surface area contributed by atoms with Crippen molar-refractivity contribution in [3.63, 3.8) is 0 Å². The number of primary amides is 1. The number of hydrogen-bond donors (Lipinski definition) is 8. The fourth-order valence-electron chi connectivity index (χ4n) is 5.85. The van der Waals surface area contributed by atoms with Gasteiger partial charge in [-0.2, -0.15) is 0 Å². The van der Waals surface area contributed by atoms with Gasteiger partial charge in [-0.1, -0.05) is 6.07 Å². The molecule has 3 aliphatic rings. The van der Waals surface area contributed by atoms with E-state index in [1.165, 1.54) is 38.1 Å². The Morgan fingerprint density at radius 1 is 1.18 bits per heavy atom. The smallest absolute Gasteiger partial charge is 0.320 e. The molecule has 2 amide bonds. The molecule has 1 aromatic carbocycles. The van der Waals surface area contributed by atoms with Crippen molar-refractivity contribution >= 4 is 40.8 Å². The van der Waals surface area contributed by atoms with Gasteiger partial charge in [0, 0.05) is 11.5 Å². The molecule has 4 rings (SSSR count). The van der Waals surface area contributed by atoms with Gasteiger partial charge < -0.3 is 36.6 Å². The number of amides is 2. The zero-order chi connectivity index (χ0) is 29.8. The van der Waals surface area contributed by atoms with Crippen molar-refractivity contribution in [2.45, 2.75) is 37.5 Å². The maximum absolute atomic E-state index is 13.8. The van der Waals surface area contributed by atoms with Crippen molar-refractivity contribution in [3.8, 4) is 5.75 Å². The number of hydrogen-bond acceptors (Lipinski definition) is 11. The highest BCUT2D eigenvalue weighted by molar-refractivity contribution is 6.24. The lowest BCUT2D eigenvalue weighted by Crippen LogP contribution is -2.65. The number of benzene rings is 1. The number of aliphatic hydroxyl groups excluding tert-OH is 2. The summed E-state index contributed by atoms with van der Waals surface area (Å²) in [6.07, 6.45) is 0.0620. The summed E-state index contributed by atoms with van der Waals surface area (Å²) in [4.78, 5) is 63.6. The first-order valence-electron chi connectivity index (χ1n) is 12.4. The van der Waals surface area contributed by atoms with Crippen LogP contribution in [0.25, 0.3) is 5.76 Å². The summed E-state index contributed by atoms with van der Waals surface area (Å²) in [5, 5.41) is 58.5. The van der Waals surface area contributed by atoms with Crippen LogP contribution in [0.2, 0.25) is 0 Å². The zero-order valence-electron chi connectivity index (χ0n) is 21.9. The Labute approximate surface area is 227 Å². The molecule has 40 heavy (non-hydrogen) atoms. The highest BCUT2D eigenvalue weighted by Crippen LogP contribution is 2.53. The normalized spacial score (nSPS) is 26.7. The number of carboxylic acids is 1. The number of carbonyl (C=O) groups excluding carboxylic acids is 4. The number of aliphatic carboxylic acids is 1. The number of likely N-dealkylation sites (N-methyl/N-ethyl adjacent to an activating group) is 1. The van der Waals surface area contributed by atoms with E-state index in [2.05, 4.69) is 10.6 Å². The second-order valence-corrected chi connectivity index (χ2v) is 10.4. The summed E-state index contributed by atoms with van der Waals surface area (Å²) in [7, 11) is 3.03. The van der Waals surface area contributed by atoms with Crippen molar-refractivity contribution in [2.75, 3.05) is 26.0 Å². The number of Topliss-reactive ketones (excluding diaryl/α,β-unsaturated/α-hetero) is 2. The highest BCUT2D eigenvalue weighted by Gasteiger charge is 2.64. The molecule has 1 saturated carbocycles. The molecule has 4 unspecified atom stereocenters. The average molecular weight is 559 g/mol. The third-order valence-corrected chi connectivity index (χ3v) is 7.81. The maximum Gasteiger partial charge on any atom is 0.320 e. The zero-order valence-corrected chi connectivity index (χ0v) is 21.9. The van der Waals surface area contributed by atoms with E-state index in [1.807, 2.05) is 0 Å². The molecule has 1 fully saturated rings. The summed E-state index contributed by atoms with van der Waals surface area (Å²) < 4.78 is 0. The first kappa shape index (κ1) is 28.7. The fraction of sp³-hybridized carbons (Fsp3) is 0.423. The van der Waals surface area contributed by atoms with Crippen LogP contribution in [0.5, 0.6) is 5.75 Å². The van der Waals surface area contributed by atoms with Crippen LogP contribution in [-0.2, 0) is 30.4 Å². The number of nitrogens with one attached hydrogen (secondary N) is 2. The van der Waals surface area contributed by atoms with E-state index < -0.39 is 88.3 Å². The summed E-state index contributed by atoms with van der Waals surface area (Å²) >= 11 is 0. The molecular formula is C26H30N4O10. The second-order valence-electron chi connectivity index (χ2n) is 10.4. The minimum absolute atomic E-state index is 0.0432. The molecule has 1 aromatic rings. The van der Waals surface area contributed by atoms with E-state index in [1.54, 1.807) is 0 Å². The number of phenols is 1. The van der Waals surface area contributed by atoms with Gasteiger partial charge >= 0.3 is 5.97 Å². The van der Waals surface area contributed by atoms with E-state index in [0.717, 1.165) is 0 Å². The van der Waals surface area contributed by atoms with Gasteiger partial charge in [0.25, 0.3) is 5.91 Å². The predicted molar refractivity (Wildman–Crippen MR) is 138 cm³/mol. The van der Waals surface area contributed by atoms with E-state index in [0.29, 0.717) is 5.56 Å². The quantitative estimate of drug-likeness (QED) is 0.148. The van der Waals surface area contributed by atoms with Crippen molar-refractivity contribution in [3.05, 3.63) is 40.2 Å². The Morgan fingerprint density at radius 2 is 1.82 bits per heavy atom. The van der Waals surface area contributed by atoms with Crippen LogP contribution in [0.4, 0.5) is 5.69 Å². The van der Waals surface area contributed by atoms with Crippen LogP contribution >= 0.6 is 0 Å². The Morgan fingerprint density at radius 3 is 2.40 bits per heavy atom. The number of nitrogens with two attached hydrogens (primary N) is 1. The second kappa shape index (κ2) is 10.0. The highest BCUT2D eigenvalue weighted by atomic mass is 16.4. The molecule has 0 radical (unpaired) electrons. The van der Waals surface area contributed by atoms with Crippen molar-refractivity contribution in [1.29, 1.82) is 0 Å². The average Bonchev–Trinajstić information content (AvgIpc) is 2.85. The van der Waals surface area contributed by atoms with Gasteiger partial charge in [-0.05, 0) is 51.4 Å². The Bertz CT molecular complexity index is 1410. The van der Waals surface area contributed by atoms with E-state index in [9.17, 15) is 44.4 Å². The van der Waals surface area contributed by atoms with Gasteiger partial charge in [-0.25, -0.2) is 0 Å².